The van der Waals surface area contributed by atoms with Crippen LogP contribution in [0.4, 0.5) is 34.1 Å². The molecule has 0 aliphatic heterocycles. The van der Waals surface area contributed by atoms with Gasteiger partial charge in [-0.25, -0.2) is 0 Å². The monoisotopic (exact) mass is 1420 g/mol. The molecule has 0 heterocycles. The first kappa shape index (κ1) is 64.7. The Bertz CT molecular complexity index is 6660. The van der Waals surface area contributed by atoms with Gasteiger partial charge >= 0.3 is 0 Å². The van der Waals surface area contributed by atoms with Crippen LogP contribution in [-0.2, 0) is 10.8 Å². The Morgan fingerprint density at radius 2 is 0.402 bits per heavy atom. The third-order valence-electron chi connectivity index (χ3n) is 24.3. The van der Waals surface area contributed by atoms with Crippen LogP contribution in [-0.4, -0.2) is 0 Å². The van der Waals surface area contributed by atoms with Gasteiger partial charge in [-0.2, -0.15) is 0 Å². The highest BCUT2D eigenvalue weighted by Crippen LogP contribution is 2.68. The van der Waals surface area contributed by atoms with Crippen LogP contribution in [0.3, 0.4) is 0 Å². The molecule has 0 radical (unpaired) electrons. The summed E-state index contributed by atoms with van der Waals surface area (Å²) in [5.41, 5.74) is 42.3. The summed E-state index contributed by atoms with van der Waals surface area (Å²) in [5.74, 6) is 0. The third-order valence-corrected chi connectivity index (χ3v) is 24.3. The summed E-state index contributed by atoms with van der Waals surface area (Å²) in [6.07, 6.45) is 0. The van der Waals surface area contributed by atoms with Crippen LogP contribution in [0.1, 0.15) is 44.5 Å². The normalized spacial score (nSPS) is 13.8. The topological polar surface area (TPSA) is 6.48 Å². The second-order valence-electron chi connectivity index (χ2n) is 30.0. The molecule has 22 rings (SSSR count). The van der Waals surface area contributed by atoms with Gasteiger partial charge in [0.25, 0.3) is 0 Å². The van der Waals surface area contributed by atoms with Crippen LogP contribution < -0.4 is 9.80 Å². The highest BCUT2D eigenvalue weighted by molar-refractivity contribution is 6.06. The molecule has 0 N–H and O–H groups in total. The second kappa shape index (κ2) is 26.2. The van der Waals surface area contributed by atoms with Crippen molar-refractivity contribution in [1.82, 2.24) is 0 Å². The van der Waals surface area contributed by atoms with E-state index >= 15 is 0 Å². The molecule has 18 aromatic rings. The van der Waals surface area contributed by atoms with Crippen LogP contribution in [0.5, 0.6) is 0 Å². The van der Waals surface area contributed by atoms with Crippen LogP contribution in [0.15, 0.2) is 437 Å². The first-order chi connectivity index (χ1) is 55.6. The zero-order chi connectivity index (χ0) is 73.9. The first-order valence-corrected chi connectivity index (χ1v) is 38.9. The molecule has 0 saturated heterocycles. The lowest BCUT2D eigenvalue weighted by molar-refractivity contribution is 0.794. The van der Waals surface area contributed by atoms with Crippen molar-refractivity contribution in [2.24, 2.45) is 0 Å². The van der Waals surface area contributed by atoms with E-state index in [0.29, 0.717) is 0 Å². The first-order valence-electron chi connectivity index (χ1n) is 38.9. The number of anilines is 6. The van der Waals surface area contributed by atoms with Gasteiger partial charge in [0.2, 0.25) is 0 Å². The molecule has 18 aromatic carbocycles. The number of hydrogen-bond acceptors (Lipinski definition) is 2. The highest BCUT2D eigenvalue weighted by atomic mass is 15.2. The fraction of sp³-hybridized carbons (Fsp3) is 0.0182. The van der Waals surface area contributed by atoms with Crippen LogP contribution >= 0.6 is 0 Å². The van der Waals surface area contributed by atoms with Crippen molar-refractivity contribution in [3.63, 3.8) is 0 Å². The minimum atomic E-state index is -0.638. The third kappa shape index (κ3) is 9.92. The van der Waals surface area contributed by atoms with Crippen LogP contribution in [0.2, 0.25) is 0 Å². The Hall–Kier alpha value is -14.4. The molecular formula is C110H72N2. The molecule has 0 bridgehead atoms. The average molecular weight is 1420 g/mol. The minimum absolute atomic E-state index is 0.509. The van der Waals surface area contributed by atoms with E-state index in [0.717, 1.165) is 73.1 Å². The van der Waals surface area contributed by atoms with Crippen molar-refractivity contribution in [1.29, 1.82) is 0 Å². The van der Waals surface area contributed by atoms with Crippen molar-refractivity contribution >= 4 is 34.1 Å². The summed E-state index contributed by atoms with van der Waals surface area (Å²) in [6, 6.07) is 163. The molecular weight excluding hydrogens is 1350 g/mol. The van der Waals surface area contributed by atoms with Crippen molar-refractivity contribution in [2.75, 3.05) is 9.80 Å². The predicted octanol–water partition coefficient (Wildman–Crippen LogP) is 29.0. The van der Waals surface area contributed by atoms with E-state index in [1.165, 1.54) is 128 Å². The zero-order valence-electron chi connectivity index (χ0n) is 61.5. The molecule has 522 valence electrons. The van der Waals surface area contributed by atoms with E-state index in [1.807, 2.05) is 0 Å². The fourth-order valence-electron chi connectivity index (χ4n) is 19.6. The number of hydrogen-bond donors (Lipinski definition) is 0. The molecule has 0 amide bonds. The van der Waals surface area contributed by atoms with E-state index in [4.69, 9.17) is 0 Å². The Morgan fingerprint density at radius 1 is 0.134 bits per heavy atom. The number of fused-ring (bicyclic) bond motifs is 20. The van der Waals surface area contributed by atoms with E-state index in [-0.39, 0.29) is 0 Å². The lowest BCUT2D eigenvalue weighted by Crippen LogP contribution is -2.26. The summed E-state index contributed by atoms with van der Waals surface area (Å²) in [7, 11) is 0. The number of nitrogens with zero attached hydrogens (tertiary/aromatic N) is 2. The largest absolute Gasteiger partial charge is 0.310 e. The van der Waals surface area contributed by atoms with Gasteiger partial charge in [0, 0.05) is 33.9 Å². The molecule has 2 heteroatoms. The quantitative estimate of drug-likeness (QED) is 0.114. The highest BCUT2D eigenvalue weighted by Gasteiger charge is 2.54. The van der Waals surface area contributed by atoms with Gasteiger partial charge in [-0.1, -0.05) is 376 Å². The molecule has 0 fully saturated rings. The Kier molecular flexibility index (Phi) is 15.1. The molecule has 1 atom stereocenters. The molecule has 4 aliphatic carbocycles. The van der Waals surface area contributed by atoms with E-state index < -0.39 is 10.8 Å². The smallest absolute Gasteiger partial charge is 0.0726 e. The summed E-state index contributed by atoms with van der Waals surface area (Å²) in [6.45, 7) is 0. The van der Waals surface area contributed by atoms with Gasteiger partial charge in [-0.15, -0.1) is 0 Å². The second-order valence-corrected chi connectivity index (χ2v) is 30.0. The zero-order valence-corrected chi connectivity index (χ0v) is 61.5. The van der Waals surface area contributed by atoms with E-state index in [1.54, 1.807) is 0 Å². The van der Waals surface area contributed by atoms with Crippen molar-refractivity contribution < 1.29 is 0 Å². The predicted molar refractivity (Wildman–Crippen MR) is 466 cm³/mol. The van der Waals surface area contributed by atoms with E-state index in [2.05, 4.69) is 447 Å². The van der Waals surface area contributed by atoms with Gasteiger partial charge < -0.3 is 9.80 Å². The van der Waals surface area contributed by atoms with Gasteiger partial charge in [0.15, 0.2) is 0 Å². The number of rotatable bonds is 13. The lowest BCUT2D eigenvalue weighted by Gasteiger charge is -2.32. The molecule has 112 heavy (non-hydrogen) atoms. The lowest BCUT2D eigenvalue weighted by atomic mass is 9.70. The molecule has 0 aromatic heterocycles. The van der Waals surface area contributed by atoms with Crippen molar-refractivity contribution in [2.45, 2.75) is 10.8 Å². The SMILES string of the molecule is c1ccc(-c2ccc(-c3cccc(N(c4ccc(-c5ccccc5)cc4)c4cccc5c4-c4ccccc4C54c5ccccc5-c5c(-c6ccc(-c7cc(N(c8ccc(-c9ccccc9)cc8)c8cccc9c8-c8ccccc8C98c9ccccc9-c9ccccc98)ccc7-c7ccccc7)cc6)cccc54)c3)cc2)cc1. The van der Waals surface area contributed by atoms with E-state index in [9.17, 15) is 0 Å². The van der Waals surface area contributed by atoms with Crippen molar-refractivity contribution in [3.8, 4) is 122 Å². The number of benzene rings is 18. The molecule has 4 aliphatic rings. The maximum absolute atomic E-state index is 2.52. The van der Waals surface area contributed by atoms with Gasteiger partial charge in [-0.05, 0) is 216 Å². The summed E-state index contributed by atoms with van der Waals surface area (Å²) >= 11 is 0. The van der Waals surface area contributed by atoms with Gasteiger partial charge in [0.05, 0.1) is 22.2 Å². The summed E-state index contributed by atoms with van der Waals surface area (Å²) in [4.78, 5) is 5.03. The molecule has 1 unspecified atom stereocenters. The fourth-order valence-corrected chi connectivity index (χ4v) is 19.6. The minimum Gasteiger partial charge on any atom is -0.310 e. The maximum atomic E-state index is 2.52. The van der Waals surface area contributed by atoms with Gasteiger partial charge in [-0.3, -0.25) is 0 Å². The Balaban J connectivity index is 0.688. The Morgan fingerprint density at radius 3 is 0.857 bits per heavy atom. The molecule has 2 nitrogen and oxygen atoms in total. The molecule has 2 spiro atoms. The summed E-state index contributed by atoms with van der Waals surface area (Å²) in [5, 5.41) is 0. The van der Waals surface area contributed by atoms with Crippen LogP contribution in [0.25, 0.3) is 122 Å². The summed E-state index contributed by atoms with van der Waals surface area (Å²) < 4.78 is 0. The van der Waals surface area contributed by atoms with Crippen LogP contribution in [0, 0.1) is 0 Å². The van der Waals surface area contributed by atoms with Crippen molar-refractivity contribution in [3.05, 3.63) is 481 Å². The van der Waals surface area contributed by atoms with Gasteiger partial charge in [0.1, 0.15) is 0 Å². The maximum Gasteiger partial charge on any atom is 0.0726 e. The average Bonchev–Trinajstić information content (AvgIpc) is 1.51. The molecule has 0 saturated carbocycles. The standard InChI is InChI=1S/C110H72N2/c1-5-27-73(28-6-1)76-53-55-79(56-54-76)83-35-23-36-86(71-83)111(84-65-61-77(62-66-84)74-29-7-2-8-30-74)104-51-26-50-103-108(104)94-41-17-22-47-100(94)110(103)98-45-20-15-39-92(98)106-89(42-24-48-101(106)110)81-57-59-82(60-58-81)95-72-87(69-70-88(95)80-33-11-4-12-34-80)112(85-67-63-78(64-68-85)75-31-9-3-10-32-75)105-52-25-49-102-107(105)93-40-16-21-46-99(93)109(102)96-43-18-13-37-90(96)91-38-14-19-44-97(91)109/h1-72H. The Labute approximate surface area is 654 Å².